The van der Waals surface area contributed by atoms with Crippen molar-refractivity contribution in [1.29, 1.82) is 5.26 Å². The first-order valence-electron chi connectivity index (χ1n) is 9.56. The summed E-state index contributed by atoms with van der Waals surface area (Å²) < 4.78 is 0. The van der Waals surface area contributed by atoms with E-state index in [4.69, 9.17) is 5.26 Å². The van der Waals surface area contributed by atoms with Gasteiger partial charge in [-0.3, -0.25) is 9.88 Å². The van der Waals surface area contributed by atoms with Crippen LogP contribution in [0.3, 0.4) is 0 Å². The van der Waals surface area contributed by atoms with E-state index in [0.29, 0.717) is 22.9 Å². The molecule has 0 atom stereocenters. The fraction of sp³-hybridized carbons (Fsp3) is 0.364. The molecule has 5 heteroatoms. The lowest BCUT2D eigenvalue weighted by atomic mass is 9.94. The Labute approximate surface area is 159 Å². The van der Waals surface area contributed by atoms with E-state index in [1.54, 1.807) is 12.1 Å². The molecule has 0 saturated heterocycles. The zero-order valence-corrected chi connectivity index (χ0v) is 15.6. The summed E-state index contributed by atoms with van der Waals surface area (Å²) in [5.74, 6) is 0.0830. The number of pyridine rings is 1. The highest BCUT2D eigenvalue weighted by molar-refractivity contribution is 5.98. The number of nitrogens with zero attached hydrogens (tertiary/aromatic N) is 3. The maximum absolute atomic E-state index is 10.3. The summed E-state index contributed by atoms with van der Waals surface area (Å²) >= 11 is 0. The number of benzene rings is 1. The molecule has 1 fully saturated rings. The van der Waals surface area contributed by atoms with Crippen molar-refractivity contribution in [3.05, 3.63) is 47.7 Å². The van der Waals surface area contributed by atoms with Crippen molar-refractivity contribution < 1.29 is 5.11 Å². The van der Waals surface area contributed by atoms with Crippen molar-refractivity contribution in [3.8, 4) is 23.2 Å². The molecular formula is C22H24N4O. The van der Waals surface area contributed by atoms with Gasteiger partial charge in [-0.25, -0.2) is 0 Å². The number of H-pyrrole nitrogens is 1. The molecule has 1 saturated carbocycles. The lowest BCUT2D eigenvalue weighted by molar-refractivity contribution is 0.184. The largest absolute Gasteiger partial charge is 0.494 e. The molecule has 2 heterocycles. The Morgan fingerprint density at radius 3 is 2.74 bits per heavy atom. The number of aromatic amines is 1. The van der Waals surface area contributed by atoms with E-state index in [2.05, 4.69) is 34.1 Å². The summed E-state index contributed by atoms with van der Waals surface area (Å²) in [7, 11) is 2.19. The molecule has 1 aromatic carbocycles. The third-order valence-electron chi connectivity index (χ3n) is 5.62. The molecule has 0 spiro atoms. The number of hydrogen-bond acceptors (Lipinski definition) is 4. The summed E-state index contributed by atoms with van der Waals surface area (Å²) in [6, 6.07) is 12.2. The summed E-state index contributed by atoms with van der Waals surface area (Å²) in [5, 5.41) is 20.3. The number of rotatable bonds is 4. The molecule has 0 bridgehead atoms. The lowest BCUT2D eigenvalue weighted by Gasteiger charge is -2.31. The van der Waals surface area contributed by atoms with Gasteiger partial charge in [0, 0.05) is 29.7 Å². The van der Waals surface area contributed by atoms with Gasteiger partial charge in [0.2, 0.25) is 0 Å². The number of aromatic nitrogens is 2. The third-order valence-corrected chi connectivity index (χ3v) is 5.62. The molecule has 0 radical (unpaired) electrons. The molecule has 1 aliphatic carbocycles. The van der Waals surface area contributed by atoms with Crippen molar-refractivity contribution in [3.63, 3.8) is 0 Å². The first kappa shape index (κ1) is 17.6. The highest BCUT2D eigenvalue weighted by Crippen LogP contribution is 2.36. The van der Waals surface area contributed by atoms with Crippen molar-refractivity contribution in [2.45, 2.75) is 44.7 Å². The standard InChI is InChI=1S/C22H24N4O/c1-26(17-5-3-2-4-6-17)14-16-8-10-20(24-13-16)21-18-11-15(12-23)7-9-19(18)25-22(21)27/h7-11,13,17,25,27H,2-6,14H2,1H3. The van der Waals surface area contributed by atoms with Gasteiger partial charge in [0.25, 0.3) is 0 Å². The monoisotopic (exact) mass is 360 g/mol. The van der Waals surface area contributed by atoms with Crippen molar-refractivity contribution in [2.24, 2.45) is 0 Å². The van der Waals surface area contributed by atoms with Crippen LogP contribution in [-0.4, -0.2) is 33.1 Å². The average Bonchev–Trinajstić information content (AvgIpc) is 3.04. The van der Waals surface area contributed by atoms with Crippen LogP contribution in [0.25, 0.3) is 22.2 Å². The third kappa shape index (κ3) is 3.54. The van der Waals surface area contributed by atoms with Crippen molar-refractivity contribution in [2.75, 3.05) is 7.05 Å². The minimum absolute atomic E-state index is 0.0830. The van der Waals surface area contributed by atoms with E-state index < -0.39 is 0 Å². The molecule has 1 aliphatic rings. The van der Waals surface area contributed by atoms with Crippen LogP contribution in [0, 0.1) is 11.3 Å². The van der Waals surface area contributed by atoms with E-state index >= 15 is 0 Å². The first-order chi connectivity index (χ1) is 13.2. The van der Waals surface area contributed by atoms with Crippen LogP contribution in [0.2, 0.25) is 0 Å². The molecule has 138 valence electrons. The molecule has 0 amide bonds. The average molecular weight is 360 g/mol. The molecule has 0 aliphatic heterocycles. The molecular weight excluding hydrogens is 336 g/mol. The van der Waals surface area contributed by atoms with Crippen molar-refractivity contribution in [1.82, 2.24) is 14.9 Å². The minimum Gasteiger partial charge on any atom is -0.494 e. The second-order valence-corrected chi connectivity index (χ2v) is 7.48. The van der Waals surface area contributed by atoms with Gasteiger partial charge < -0.3 is 10.1 Å². The van der Waals surface area contributed by atoms with E-state index in [1.807, 2.05) is 18.3 Å². The minimum atomic E-state index is 0.0830. The zero-order chi connectivity index (χ0) is 18.8. The second-order valence-electron chi connectivity index (χ2n) is 7.48. The number of nitriles is 1. The quantitative estimate of drug-likeness (QED) is 0.714. The SMILES string of the molecule is CN(Cc1ccc(-c2c(O)[nH]c3ccc(C#N)cc23)nc1)C1CCCCC1. The summed E-state index contributed by atoms with van der Waals surface area (Å²) in [5.41, 5.74) is 3.88. The highest BCUT2D eigenvalue weighted by atomic mass is 16.3. The van der Waals surface area contributed by atoms with E-state index in [1.165, 1.54) is 37.7 Å². The van der Waals surface area contributed by atoms with E-state index in [0.717, 1.165) is 17.4 Å². The molecule has 3 aromatic rings. The van der Waals surface area contributed by atoms with Crippen LogP contribution in [0.4, 0.5) is 0 Å². The van der Waals surface area contributed by atoms with Gasteiger partial charge in [-0.1, -0.05) is 25.3 Å². The normalized spacial score (nSPS) is 15.3. The Hall–Kier alpha value is -2.84. The predicted octanol–water partition coefficient (Wildman–Crippen LogP) is 4.57. The Morgan fingerprint density at radius 1 is 1.22 bits per heavy atom. The lowest BCUT2D eigenvalue weighted by Crippen LogP contribution is -2.32. The van der Waals surface area contributed by atoms with Gasteiger partial charge in [0.15, 0.2) is 5.88 Å². The van der Waals surface area contributed by atoms with Gasteiger partial charge in [0.05, 0.1) is 22.9 Å². The Bertz CT molecular complexity index is 978. The first-order valence-corrected chi connectivity index (χ1v) is 9.56. The van der Waals surface area contributed by atoms with Crippen LogP contribution in [0.15, 0.2) is 36.5 Å². The number of nitrogens with one attached hydrogen (secondary N) is 1. The fourth-order valence-corrected chi connectivity index (χ4v) is 4.11. The van der Waals surface area contributed by atoms with Crippen LogP contribution < -0.4 is 0 Å². The molecule has 5 nitrogen and oxygen atoms in total. The molecule has 2 aromatic heterocycles. The number of fused-ring (bicyclic) bond motifs is 1. The molecule has 27 heavy (non-hydrogen) atoms. The maximum Gasteiger partial charge on any atom is 0.199 e. The van der Waals surface area contributed by atoms with Gasteiger partial charge in [0.1, 0.15) is 0 Å². The molecule has 2 N–H and O–H groups in total. The van der Waals surface area contributed by atoms with E-state index in [9.17, 15) is 5.11 Å². The Balaban J connectivity index is 1.58. The second kappa shape index (κ2) is 7.42. The Kier molecular flexibility index (Phi) is 4.83. The van der Waals surface area contributed by atoms with Crippen LogP contribution in [0.5, 0.6) is 5.88 Å². The van der Waals surface area contributed by atoms with Crippen LogP contribution in [-0.2, 0) is 6.54 Å². The topological polar surface area (TPSA) is 75.9 Å². The number of aromatic hydroxyl groups is 1. The summed E-state index contributed by atoms with van der Waals surface area (Å²) in [6.45, 7) is 0.885. The van der Waals surface area contributed by atoms with Crippen molar-refractivity contribution >= 4 is 10.9 Å². The van der Waals surface area contributed by atoms with Gasteiger partial charge >= 0.3 is 0 Å². The molecule has 4 rings (SSSR count). The van der Waals surface area contributed by atoms with Gasteiger partial charge in [-0.15, -0.1) is 0 Å². The predicted molar refractivity (Wildman–Crippen MR) is 106 cm³/mol. The van der Waals surface area contributed by atoms with Crippen LogP contribution >= 0.6 is 0 Å². The summed E-state index contributed by atoms with van der Waals surface area (Å²) in [6.07, 6.45) is 8.48. The fourth-order valence-electron chi connectivity index (χ4n) is 4.11. The maximum atomic E-state index is 10.3. The summed E-state index contributed by atoms with van der Waals surface area (Å²) in [4.78, 5) is 9.99. The number of hydrogen-bond donors (Lipinski definition) is 2. The van der Waals surface area contributed by atoms with Crippen LogP contribution in [0.1, 0.15) is 43.2 Å². The molecule has 0 unspecified atom stereocenters. The van der Waals surface area contributed by atoms with Gasteiger partial charge in [-0.05, 0) is 49.7 Å². The van der Waals surface area contributed by atoms with E-state index in [-0.39, 0.29) is 5.88 Å². The Morgan fingerprint density at radius 2 is 2.04 bits per heavy atom. The smallest absolute Gasteiger partial charge is 0.199 e. The van der Waals surface area contributed by atoms with Gasteiger partial charge in [-0.2, -0.15) is 5.26 Å². The zero-order valence-electron chi connectivity index (χ0n) is 15.6. The highest BCUT2D eigenvalue weighted by Gasteiger charge is 2.19.